The lowest BCUT2D eigenvalue weighted by molar-refractivity contribution is 0.0762. The van der Waals surface area contributed by atoms with Crippen molar-refractivity contribution in [1.29, 1.82) is 0 Å². The van der Waals surface area contributed by atoms with Crippen LogP contribution >= 0.6 is 0 Å². The Labute approximate surface area is 187 Å². The van der Waals surface area contributed by atoms with Crippen molar-refractivity contribution >= 4 is 5.91 Å². The van der Waals surface area contributed by atoms with Crippen LogP contribution in [0.5, 0.6) is 11.5 Å². The number of rotatable bonds is 5. The predicted molar refractivity (Wildman–Crippen MR) is 120 cm³/mol. The minimum Gasteiger partial charge on any atom is -0.497 e. The second-order valence-corrected chi connectivity index (χ2v) is 7.81. The molecule has 0 bridgehead atoms. The van der Waals surface area contributed by atoms with E-state index in [-0.39, 0.29) is 5.91 Å². The van der Waals surface area contributed by atoms with E-state index in [0.29, 0.717) is 40.9 Å². The van der Waals surface area contributed by atoms with Crippen molar-refractivity contribution in [1.82, 2.24) is 29.5 Å². The maximum absolute atomic E-state index is 13.1. The van der Waals surface area contributed by atoms with Gasteiger partial charge in [-0.15, -0.1) is 0 Å². The van der Waals surface area contributed by atoms with Crippen LogP contribution in [0.1, 0.15) is 22.5 Å². The molecule has 0 spiro atoms. The molecule has 1 aliphatic rings. The van der Waals surface area contributed by atoms with Gasteiger partial charge in [-0.05, 0) is 51.2 Å². The van der Waals surface area contributed by atoms with E-state index in [2.05, 4.69) is 22.0 Å². The van der Waals surface area contributed by atoms with Crippen LogP contribution in [0.25, 0.3) is 17.2 Å². The van der Waals surface area contributed by atoms with Crippen molar-refractivity contribution in [3.8, 4) is 28.7 Å². The first-order valence-electron chi connectivity index (χ1n) is 10.6. The van der Waals surface area contributed by atoms with Crippen molar-refractivity contribution in [2.24, 2.45) is 0 Å². The lowest BCUT2D eigenvalue weighted by Crippen LogP contribution is -2.34. The molecule has 3 aromatic rings. The van der Waals surface area contributed by atoms with Crippen molar-refractivity contribution in [3.63, 3.8) is 0 Å². The predicted octanol–water partition coefficient (Wildman–Crippen LogP) is 2.43. The summed E-state index contributed by atoms with van der Waals surface area (Å²) in [6, 6.07) is 7.34. The fourth-order valence-electron chi connectivity index (χ4n) is 3.86. The summed E-state index contributed by atoms with van der Waals surface area (Å²) in [5.74, 6) is 1.76. The Hall–Kier alpha value is -3.46. The molecular formula is C23H28N6O3. The zero-order valence-corrected chi connectivity index (χ0v) is 18.9. The number of ether oxygens (including phenoxy) is 2. The Morgan fingerprint density at radius 3 is 2.69 bits per heavy atom. The number of aromatic nitrogens is 4. The Balaban J connectivity index is 1.65. The van der Waals surface area contributed by atoms with E-state index in [1.807, 2.05) is 30.0 Å². The molecule has 1 amide bonds. The van der Waals surface area contributed by atoms with E-state index in [1.165, 1.54) is 0 Å². The Morgan fingerprint density at radius 2 is 1.91 bits per heavy atom. The van der Waals surface area contributed by atoms with Crippen molar-refractivity contribution < 1.29 is 14.3 Å². The third-order valence-electron chi connectivity index (χ3n) is 5.76. The van der Waals surface area contributed by atoms with Crippen LogP contribution in [0.4, 0.5) is 0 Å². The summed E-state index contributed by atoms with van der Waals surface area (Å²) in [4.78, 5) is 26.4. The maximum atomic E-state index is 13.1. The molecule has 0 aliphatic carbocycles. The van der Waals surface area contributed by atoms with Gasteiger partial charge in [-0.1, -0.05) is 0 Å². The molecule has 4 rings (SSSR count). The van der Waals surface area contributed by atoms with Crippen LogP contribution in [-0.2, 0) is 0 Å². The van der Waals surface area contributed by atoms with Crippen LogP contribution in [0.3, 0.4) is 0 Å². The lowest BCUT2D eigenvalue weighted by Gasteiger charge is -2.20. The average molecular weight is 437 g/mol. The number of carbonyl (C=O) groups is 1. The van der Waals surface area contributed by atoms with E-state index < -0.39 is 0 Å². The summed E-state index contributed by atoms with van der Waals surface area (Å²) in [5.41, 5.74) is 2.74. The van der Waals surface area contributed by atoms with E-state index in [1.54, 1.807) is 37.4 Å². The van der Waals surface area contributed by atoms with Crippen molar-refractivity contribution in [2.45, 2.75) is 13.3 Å². The highest BCUT2D eigenvalue weighted by Crippen LogP contribution is 2.32. The monoisotopic (exact) mass is 436 g/mol. The smallest absolute Gasteiger partial charge is 0.257 e. The molecule has 2 aromatic heterocycles. The molecule has 3 heterocycles. The zero-order valence-electron chi connectivity index (χ0n) is 18.9. The zero-order chi connectivity index (χ0) is 22.7. The third-order valence-corrected chi connectivity index (χ3v) is 5.76. The Morgan fingerprint density at radius 1 is 1.06 bits per heavy atom. The molecule has 9 heteroatoms. The van der Waals surface area contributed by atoms with Gasteiger partial charge < -0.3 is 19.3 Å². The fraction of sp³-hybridized carbons (Fsp3) is 0.391. The average Bonchev–Trinajstić information content (AvgIpc) is 3.07. The van der Waals surface area contributed by atoms with E-state index in [0.717, 1.165) is 31.6 Å². The number of benzene rings is 1. The largest absolute Gasteiger partial charge is 0.497 e. The van der Waals surface area contributed by atoms with Gasteiger partial charge in [0, 0.05) is 31.4 Å². The maximum Gasteiger partial charge on any atom is 0.257 e. The van der Waals surface area contributed by atoms with Crippen LogP contribution in [-0.4, -0.2) is 82.9 Å². The lowest BCUT2D eigenvalue weighted by atomic mass is 10.1. The van der Waals surface area contributed by atoms with E-state index in [9.17, 15) is 4.79 Å². The molecule has 0 unspecified atom stereocenters. The molecule has 1 aromatic carbocycles. The second kappa shape index (κ2) is 9.35. The summed E-state index contributed by atoms with van der Waals surface area (Å²) in [7, 11) is 5.31. The van der Waals surface area contributed by atoms with E-state index in [4.69, 9.17) is 14.5 Å². The number of hydrogen-bond acceptors (Lipinski definition) is 7. The van der Waals surface area contributed by atoms with Gasteiger partial charge >= 0.3 is 0 Å². The molecule has 1 aliphatic heterocycles. The first-order valence-corrected chi connectivity index (χ1v) is 10.6. The van der Waals surface area contributed by atoms with Crippen LogP contribution < -0.4 is 9.47 Å². The molecular weight excluding hydrogens is 408 g/mol. The third kappa shape index (κ3) is 4.29. The second-order valence-electron chi connectivity index (χ2n) is 7.81. The molecule has 0 radical (unpaired) electrons. The van der Waals surface area contributed by atoms with Crippen molar-refractivity contribution in [2.75, 3.05) is 47.4 Å². The van der Waals surface area contributed by atoms with Gasteiger partial charge in [0.2, 0.25) is 0 Å². The van der Waals surface area contributed by atoms with Gasteiger partial charge in [-0.25, -0.2) is 14.6 Å². The van der Waals surface area contributed by atoms with Crippen molar-refractivity contribution in [3.05, 3.63) is 47.9 Å². The molecule has 0 atom stereocenters. The Bertz CT molecular complexity index is 1110. The van der Waals surface area contributed by atoms with Gasteiger partial charge in [-0.2, -0.15) is 5.10 Å². The Kier molecular flexibility index (Phi) is 6.36. The molecule has 1 fully saturated rings. The topological polar surface area (TPSA) is 85.6 Å². The number of likely N-dealkylation sites (N-methyl/N-ethyl adjacent to an activating group) is 1. The number of carbonyl (C=O) groups excluding carboxylic acids is 1. The summed E-state index contributed by atoms with van der Waals surface area (Å²) in [5, 5.41) is 4.43. The van der Waals surface area contributed by atoms with Gasteiger partial charge in [0.25, 0.3) is 11.9 Å². The number of amides is 1. The van der Waals surface area contributed by atoms with Crippen LogP contribution in [0.15, 0.2) is 36.7 Å². The minimum atomic E-state index is -0.00494. The molecule has 9 nitrogen and oxygen atoms in total. The summed E-state index contributed by atoms with van der Waals surface area (Å²) in [6.45, 7) is 5.19. The summed E-state index contributed by atoms with van der Waals surface area (Å²) in [6.07, 6.45) is 4.24. The molecule has 0 N–H and O–H groups in total. The molecule has 168 valence electrons. The van der Waals surface area contributed by atoms with Gasteiger partial charge in [0.05, 0.1) is 37.4 Å². The van der Waals surface area contributed by atoms with Gasteiger partial charge in [0.15, 0.2) is 0 Å². The molecule has 1 saturated heterocycles. The highest BCUT2D eigenvalue weighted by molar-refractivity contribution is 5.95. The quantitative estimate of drug-likeness (QED) is 0.607. The molecule has 32 heavy (non-hydrogen) atoms. The SMILES string of the molecule is COc1ccc(OC)c(-c2ccnc(-n3ncc(C(=O)N4CCCN(C)CC4)c3C)n2)c1. The molecule has 0 saturated carbocycles. The highest BCUT2D eigenvalue weighted by Gasteiger charge is 2.23. The standard InChI is InChI=1S/C23H28N6O3/c1-16-19(22(30)28-11-5-10-27(2)12-13-28)15-25-29(16)23-24-9-8-20(26-23)18-14-17(31-3)6-7-21(18)32-4/h6-9,14-15H,5,10-13H2,1-4H3. The first-order chi connectivity index (χ1) is 15.5. The number of methoxy groups -OCH3 is 2. The normalized spacial score (nSPS) is 14.8. The van der Waals surface area contributed by atoms with E-state index >= 15 is 0 Å². The van der Waals surface area contributed by atoms with Gasteiger partial charge in [0.1, 0.15) is 11.5 Å². The van der Waals surface area contributed by atoms with Crippen LogP contribution in [0.2, 0.25) is 0 Å². The number of hydrogen-bond donors (Lipinski definition) is 0. The summed E-state index contributed by atoms with van der Waals surface area (Å²) >= 11 is 0. The fourth-order valence-corrected chi connectivity index (χ4v) is 3.86. The highest BCUT2D eigenvalue weighted by atomic mass is 16.5. The number of nitrogens with zero attached hydrogens (tertiary/aromatic N) is 6. The van der Waals surface area contributed by atoms with Gasteiger partial charge in [-0.3, -0.25) is 4.79 Å². The minimum absolute atomic E-state index is 0.00494. The first kappa shape index (κ1) is 21.8. The van der Waals surface area contributed by atoms with Crippen LogP contribution in [0, 0.1) is 6.92 Å². The summed E-state index contributed by atoms with van der Waals surface area (Å²) < 4.78 is 12.5.